The van der Waals surface area contributed by atoms with Crippen LogP contribution in [0.25, 0.3) is 0 Å². The van der Waals surface area contributed by atoms with Gasteiger partial charge in [0.05, 0.1) is 0 Å². The van der Waals surface area contributed by atoms with Crippen LogP contribution in [0.15, 0.2) is 0 Å². The molecule has 1 unspecified atom stereocenters. The standard InChI is InChI=1S/C12H22N4O2/c1-9-11(17)12(18)13-15(16(9)14(2)3)10-7-5-4-6-8-10/h9-10H,4-8H2,1-3H3,(H,13,18). The molecule has 2 aliphatic rings. The van der Waals surface area contributed by atoms with E-state index in [4.69, 9.17) is 0 Å². The van der Waals surface area contributed by atoms with Gasteiger partial charge in [-0.05, 0) is 19.8 Å². The lowest BCUT2D eigenvalue weighted by molar-refractivity contribution is -0.243. The van der Waals surface area contributed by atoms with Crippen molar-refractivity contribution in [1.82, 2.24) is 20.7 Å². The Morgan fingerprint density at radius 3 is 2.33 bits per heavy atom. The highest BCUT2D eigenvalue weighted by atomic mass is 16.2. The van der Waals surface area contributed by atoms with E-state index in [9.17, 15) is 9.59 Å². The van der Waals surface area contributed by atoms with Gasteiger partial charge >= 0.3 is 5.91 Å². The van der Waals surface area contributed by atoms with Crippen LogP contribution in [0.3, 0.4) is 0 Å². The van der Waals surface area contributed by atoms with E-state index >= 15 is 0 Å². The number of Topliss-reactive ketones (excluding diaryl/α,β-unsaturated/α-hetero) is 1. The highest BCUT2D eigenvalue weighted by Gasteiger charge is 2.41. The monoisotopic (exact) mass is 254 g/mol. The molecule has 6 heteroatoms. The van der Waals surface area contributed by atoms with Gasteiger partial charge in [-0.25, -0.2) is 5.01 Å². The first-order chi connectivity index (χ1) is 8.52. The minimum Gasteiger partial charge on any atom is -0.287 e. The van der Waals surface area contributed by atoms with E-state index in [1.807, 2.05) is 29.3 Å². The Balaban J connectivity index is 2.19. The van der Waals surface area contributed by atoms with Crippen LogP contribution in [-0.2, 0) is 9.59 Å². The van der Waals surface area contributed by atoms with Crippen molar-refractivity contribution in [2.75, 3.05) is 14.1 Å². The van der Waals surface area contributed by atoms with Crippen LogP contribution in [0.5, 0.6) is 0 Å². The molecule has 6 nitrogen and oxygen atoms in total. The Labute approximate surface area is 108 Å². The number of hydrogen-bond donors (Lipinski definition) is 1. The van der Waals surface area contributed by atoms with Crippen LogP contribution in [0.1, 0.15) is 39.0 Å². The van der Waals surface area contributed by atoms with Crippen molar-refractivity contribution in [1.29, 1.82) is 0 Å². The highest BCUT2D eigenvalue weighted by molar-refractivity contribution is 6.38. The molecule has 2 rings (SSSR count). The summed E-state index contributed by atoms with van der Waals surface area (Å²) in [4.78, 5) is 23.4. The lowest BCUT2D eigenvalue weighted by Gasteiger charge is -2.48. The van der Waals surface area contributed by atoms with Crippen molar-refractivity contribution in [2.24, 2.45) is 0 Å². The molecule has 0 aromatic rings. The third-order valence-corrected chi connectivity index (χ3v) is 3.72. The number of amides is 1. The zero-order valence-corrected chi connectivity index (χ0v) is 11.3. The van der Waals surface area contributed by atoms with Crippen molar-refractivity contribution in [3.05, 3.63) is 0 Å². The molecule has 1 N–H and O–H groups in total. The molecule has 18 heavy (non-hydrogen) atoms. The second kappa shape index (κ2) is 5.34. The number of rotatable bonds is 2. The smallest absolute Gasteiger partial charge is 0.287 e. The van der Waals surface area contributed by atoms with Gasteiger partial charge in [-0.15, -0.1) is 10.2 Å². The summed E-state index contributed by atoms with van der Waals surface area (Å²) in [6.45, 7) is 1.77. The van der Waals surface area contributed by atoms with Crippen LogP contribution in [0, 0.1) is 0 Å². The molecule has 1 heterocycles. The Bertz CT molecular complexity index is 339. The van der Waals surface area contributed by atoms with Gasteiger partial charge in [-0.1, -0.05) is 19.3 Å². The molecular weight excluding hydrogens is 232 g/mol. The van der Waals surface area contributed by atoms with E-state index in [1.54, 1.807) is 6.92 Å². The fourth-order valence-electron chi connectivity index (χ4n) is 2.81. The molecule has 1 amide bonds. The molecule has 0 spiro atoms. The third-order valence-electron chi connectivity index (χ3n) is 3.72. The number of hydrazine groups is 3. The van der Waals surface area contributed by atoms with E-state index < -0.39 is 11.9 Å². The Kier molecular flexibility index (Phi) is 3.99. The van der Waals surface area contributed by atoms with Gasteiger partial charge in [-0.3, -0.25) is 15.0 Å². The van der Waals surface area contributed by atoms with Gasteiger partial charge in [0, 0.05) is 20.1 Å². The minimum atomic E-state index is -0.494. The van der Waals surface area contributed by atoms with Gasteiger partial charge in [0.2, 0.25) is 5.78 Å². The van der Waals surface area contributed by atoms with Crippen molar-refractivity contribution in [2.45, 2.75) is 51.1 Å². The molecule has 0 aromatic heterocycles. The largest absolute Gasteiger partial charge is 0.304 e. The van der Waals surface area contributed by atoms with E-state index in [2.05, 4.69) is 5.43 Å². The number of nitrogens with one attached hydrogen (secondary N) is 1. The number of ketones is 1. The summed E-state index contributed by atoms with van der Waals surface area (Å²) >= 11 is 0. The first-order valence-electron chi connectivity index (χ1n) is 6.63. The van der Waals surface area contributed by atoms with Gasteiger partial charge in [0.1, 0.15) is 6.04 Å². The molecule has 1 atom stereocenters. The second-order valence-electron chi connectivity index (χ2n) is 5.29. The fourth-order valence-corrected chi connectivity index (χ4v) is 2.81. The van der Waals surface area contributed by atoms with Crippen molar-refractivity contribution >= 4 is 11.7 Å². The zero-order chi connectivity index (χ0) is 13.3. The fraction of sp³-hybridized carbons (Fsp3) is 0.833. The number of hydrogen-bond acceptors (Lipinski definition) is 5. The molecule has 0 bridgehead atoms. The van der Waals surface area contributed by atoms with E-state index in [1.165, 1.54) is 19.3 Å². The summed E-state index contributed by atoms with van der Waals surface area (Å²) in [7, 11) is 3.77. The maximum atomic E-state index is 11.8. The topological polar surface area (TPSA) is 55.9 Å². The van der Waals surface area contributed by atoms with E-state index in [0.717, 1.165) is 12.8 Å². The minimum absolute atomic E-state index is 0.292. The normalized spacial score (nSPS) is 28.8. The molecule has 0 radical (unpaired) electrons. The average molecular weight is 254 g/mol. The molecular formula is C12H22N4O2. The average Bonchev–Trinajstić information content (AvgIpc) is 2.36. The van der Waals surface area contributed by atoms with Crippen molar-refractivity contribution in [3.8, 4) is 0 Å². The van der Waals surface area contributed by atoms with Crippen LogP contribution >= 0.6 is 0 Å². The van der Waals surface area contributed by atoms with Crippen LogP contribution in [0.2, 0.25) is 0 Å². The van der Waals surface area contributed by atoms with Gasteiger partial charge in [-0.2, -0.15) is 0 Å². The maximum absolute atomic E-state index is 11.8. The molecule has 1 saturated carbocycles. The summed E-state index contributed by atoms with van der Waals surface area (Å²) < 4.78 is 0. The van der Waals surface area contributed by atoms with Crippen molar-refractivity contribution < 1.29 is 9.59 Å². The SMILES string of the molecule is CC1C(=O)C(=O)NN(C2CCCCC2)N1N(C)C. The van der Waals surface area contributed by atoms with E-state index in [-0.39, 0.29) is 5.78 Å². The number of nitrogens with zero attached hydrogens (tertiary/aromatic N) is 3. The lowest BCUT2D eigenvalue weighted by atomic mass is 9.95. The summed E-state index contributed by atoms with van der Waals surface area (Å²) in [6.07, 6.45) is 5.74. The number of carbonyl (C=O) groups is 2. The summed E-state index contributed by atoms with van der Waals surface area (Å²) in [5, 5.41) is 5.56. The summed E-state index contributed by atoms with van der Waals surface area (Å²) in [5.41, 5.74) is 2.73. The molecule has 1 aliphatic carbocycles. The Morgan fingerprint density at radius 1 is 1.17 bits per heavy atom. The predicted molar refractivity (Wildman–Crippen MR) is 66.8 cm³/mol. The summed E-state index contributed by atoms with van der Waals surface area (Å²) in [5.74, 6) is -0.873. The van der Waals surface area contributed by atoms with Crippen LogP contribution in [-0.4, -0.2) is 53.1 Å². The molecule has 1 saturated heterocycles. The van der Waals surface area contributed by atoms with Crippen LogP contribution in [0.4, 0.5) is 0 Å². The molecule has 2 fully saturated rings. The molecule has 102 valence electrons. The van der Waals surface area contributed by atoms with Gasteiger partial charge in [0.15, 0.2) is 0 Å². The van der Waals surface area contributed by atoms with E-state index in [0.29, 0.717) is 6.04 Å². The second-order valence-corrected chi connectivity index (χ2v) is 5.29. The Morgan fingerprint density at radius 2 is 1.78 bits per heavy atom. The predicted octanol–water partition coefficient (Wildman–Crippen LogP) is 0.317. The molecule has 1 aliphatic heterocycles. The Hall–Kier alpha value is -0.980. The first kappa shape index (κ1) is 13.5. The summed E-state index contributed by atoms with van der Waals surface area (Å²) in [6, 6.07) is -0.142. The molecule has 0 aromatic carbocycles. The quantitative estimate of drug-likeness (QED) is 0.719. The van der Waals surface area contributed by atoms with Gasteiger partial charge in [0.25, 0.3) is 0 Å². The number of carbonyl (C=O) groups excluding carboxylic acids is 2. The zero-order valence-electron chi connectivity index (χ0n) is 11.3. The highest BCUT2D eigenvalue weighted by Crippen LogP contribution is 2.25. The lowest BCUT2D eigenvalue weighted by Crippen LogP contribution is -2.71. The maximum Gasteiger partial charge on any atom is 0.304 e. The first-order valence-corrected chi connectivity index (χ1v) is 6.63. The third kappa shape index (κ3) is 2.41. The van der Waals surface area contributed by atoms with Crippen molar-refractivity contribution in [3.63, 3.8) is 0 Å². The van der Waals surface area contributed by atoms with Gasteiger partial charge < -0.3 is 0 Å². The van der Waals surface area contributed by atoms with Crippen LogP contribution < -0.4 is 5.43 Å².